The zero-order chi connectivity index (χ0) is 32.2. The van der Waals surface area contributed by atoms with Gasteiger partial charge in [0.2, 0.25) is 0 Å². The number of hydrazone groups is 1. The topological polar surface area (TPSA) is 136 Å². The summed E-state index contributed by atoms with van der Waals surface area (Å²) >= 11 is 2.69. The normalized spacial score (nSPS) is 14.3. The fraction of sp³-hybridized carbons (Fsp3) is 0.156. The van der Waals surface area contributed by atoms with Crippen molar-refractivity contribution in [3.05, 3.63) is 134 Å². The van der Waals surface area contributed by atoms with E-state index in [1.807, 2.05) is 48.7 Å². The summed E-state index contributed by atoms with van der Waals surface area (Å²) in [6, 6.07) is 23.0. The van der Waals surface area contributed by atoms with E-state index in [0.717, 1.165) is 33.5 Å². The number of thiophene rings is 1. The molecule has 0 aliphatic carbocycles. The smallest absolute Gasteiger partial charge is 0.269 e. The predicted octanol–water partition coefficient (Wildman–Crippen LogP) is 6.08. The molecule has 0 fully saturated rings. The van der Waals surface area contributed by atoms with Gasteiger partial charge in [0, 0.05) is 24.2 Å². The van der Waals surface area contributed by atoms with E-state index < -0.39 is 16.6 Å². The first-order valence-corrected chi connectivity index (χ1v) is 16.0. The molecular weight excluding hydrogens is 630 g/mol. The molecule has 14 heteroatoms. The Bertz CT molecular complexity index is 1930. The van der Waals surface area contributed by atoms with Crippen LogP contribution in [0.2, 0.25) is 0 Å². The molecule has 3 heterocycles. The minimum atomic E-state index is -0.664. The summed E-state index contributed by atoms with van der Waals surface area (Å²) in [6.07, 6.45) is 0.574. The third-order valence-corrected chi connectivity index (χ3v) is 9.14. The van der Waals surface area contributed by atoms with Gasteiger partial charge in [0.15, 0.2) is 11.0 Å². The highest BCUT2D eigenvalue weighted by atomic mass is 32.2. The first-order chi connectivity index (χ1) is 22.3. The predicted molar refractivity (Wildman–Crippen MR) is 173 cm³/mol. The van der Waals surface area contributed by atoms with Crippen LogP contribution in [0.1, 0.15) is 44.6 Å². The summed E-state index contributed by atoms with van der Waals surface area (Å²) in [5, 5.41) is 31.0. The van der Waals surface area contributed by atoms with E-state index in [1.165, 1.54) is 47.5 Å². The first kappa shape index (κ1) is 30.8. The van der Waals surface area contributed by atoms with Crippen LogP contribution in [-0.2, 0) is 11.3 Å². The summed E-state index contributed by atoms with van der Waals surface area (Å²) in [4.78, 5) is 38.2. The van der Waals surface area contributed by atoms with Crippen molar-refractivity contribution in [2.75, 3.05) is 5.75 Å². The van der Waals surface area contributed by atoms with Crippen molar-refractivity contribution in [3.63, 3.8) is 0 Å². The molecule has 11 nitrogen and oxygen atoms in total. The third-order valence-electron chi connectivity index (χ3n) is 7.30. The monoisotopic (exact) mass is 655 g/mol. The number of carbonyl (C=O) groups is 2. The maximum absolute atomic E-state index is 14.2. The Morgan fingerprint density at radius 2 is 1.80 bits per heavy atom. The average Bonchev–Trinajstić information content (AvgIpc) is 3.83. The molecule has 1 aliphatic rings. The van der Waals surface area contributed by atoms with Crippen LogP contribution in [0.15, 0.2) is 101 Å². The Balaban J connectivity index is 1.25. The van der Waals surface area contributed by atoms with Crippen LogP contribution in [-0.4, -0.2) is 48.0 Å². The Morgan fingerprint density at radius 3 is 2.50 bits per heavy atom. The number of nitro benzene ring substituents is 1. The highest BCUT2D eigenvalue weighted by molar-refractivity contribution is 7.99. The molecule has 0 saturated carbocycles. The highest BCUT2D eigenvalue weighted by Gasteiger charge is 2.33. The number of nitrogens with one attached hydrogen (secondary N) is 1. The SMILES string of the molecule is Cc1ccc([C@@H]2CC(c3cccs3)=NN2C(=O)CSc2nnc(CNC(=O)c3ccccc3F)n2-c2ccc([N+](=O)[O-])cc2)cc1. The Kier molecular flexibility index (Phi) is 8.99. The van der Waals surface area contributed by atoms with Gasteiger partial charge in [-0.3, -0.25) is 24.3 Å². The maximum atomic E-state index is 14.2. The van der Waals surface area contributed by atoms with E-state index in [0.29, 0.717) is 17.3 Å². The number of halogens is 1. The van der Waals surface area contributed by atoms with Gasteiger partial charge in [-0.1, -0.05) is 59.8 Å². The van der Waals surface area contributed by atoms with E-state index in [2.05, 4.69) is 15.5 Å². The van der Waals surface area contributed by atoms with Crippen molar-refractivity contribution in [1.82, 2.24) is 25.1 Å². The number of carbonyl (C=O) groups excluding carboxylic acids is 2. The van der Waals surface area contributed by atoms with Gasteiger partial charge in [-0.15, -0.1) is 21.5 Å². The maximum Gasteiger partial charge on any atom is 0.269 e. The van der Waals surface area contributed by atoms with Crippen molar-refractivity contribution < 1.29 is 18.9 Å². The van der Waals surface area contributed by atoms with Crippen LogP contribution >= 0.6 is 23.1 Å². The van der Waals surface area contributed by atoms with Crippen LogP contribution in [0.5, 0.6) is 0 Å². The quantitative estimate of drug-likeness (QED) is 0.109. The number of nitrogens with zero attached hydrogens (tertiary/aromatic N) is 6. The highest BCUT2D eigenvalue weighted by Crippen LogP contribution is 2.35. The third kappa shape index (κ3) is 6.57. The van der Waals surface area contributed by atoms with Crippen molar-refractivity contribution in [3.8, 4) is 5.69 Å². The molecule has 6 rings (SSSR count). The second kappa shape index (κ2) is 13.4. The second-order valence-corrected chi connectivity index (χ2v) is 12.2. The lowest BCUT2D eigenvalue weighted by Crippen LogP contribution is -2.28. The molecule has 2 amide bonds. The zero-order valence-electron chi connectivity index (χ0n) is 24.4. The van der Waals surface area contributed by atoms with E-state index >= 15 is 0 Å². The summed E-state index contributed by atoms with van der Waals surface area (Å²) < 4.78 is 15.8. The number of nitro groups is 1. The summed E-state index contributed by atoms with van der Waals surface area (Å²) in [5.74, 6) is -1.30. The molecule has 0 unspecified atom stereocenters. The molecule has 0 radical (unpaired) electrons. The van der Waals surface area contributed by atoms with Crippen LogP contribution in [0.3, 0.4) is 0 Å². The molecule has 232 valence electrons. The number of aryl methyl sites for hydroxylation is 1. The molecule has 2 aromatic heterocycles. The number of benzene rings is 3. The molecule has 46 heavy (non-hydrogen) atoms. The van der Waals surface area contributed by atoms with Gasteiger partial charge in [0.25, 0.3) is 17.5 Å². The second-order valence-electron chi connectivity index (χ2n) is 10.4. The van der Waals surface area contributed by atoms with Crippen molar-refractivity contribution >= 4 is 46.3 Å². The summed E-state index contributed by atoms with van der Waals surface area (Å²) in [5.41, 5.74) is 3.17. The lowest BCUT2D eigenvalue weighted by Gasteiger charge is -2.22. The van der Waals surface area contributed by atoms with Gasteiger partial charge in [0.1, 0.15) is 5.82 Å². The fourth-order valence-electron chi connectivity index (χ4n) is 4.96. The molecule has 0 saturated heterocycles. The Morgan fingerprint density at radius 1 is 1.04 bits per heavy atom. The van der Waals surface area contributed by atoms with Gasteiger partial charge < -0.3 is 5.32 Å². The average molecular weight is 656 g/mol. The number of non-ortho nitro benzene ring substituents is 1. The number of thioether (sulfide) groups is 1. The van der Waals surface area contributed by atoms with E-state index in [4.69, 9.17) is 5.10 Å². The minimum absolute atomic E-state index is 0.0315. The van der Waals surface area contributed by atoms with Crippen LogP contribution in [0.4, 0.5) is 10.1 Å². The summed E-state index contributed by atoms with van der Waals surface area (Å²) in [6.45, 7) is 1.88. The summed E-state index contributed by atoms with van der Waals surface area (Å²) in [7, 11) is 0. The molecule has 1 atom stereocenters. The zero-order valence-corrected chi connectivity index (χ0v) is 26.0. The van der Waals surface area contributed by atoms with Crippen molar-refractivity contribution in [2.45, 2.75) is 31.1 Å². The molecule has 0 bridgehead atoms. The minimum Gasteiger partial charge on any atom is -0.345 e. The lowest BCUT2D eigenvalue weighted by atomic mass is 10.00. The molecule has 5 aromatic rings. The Hall–Kier alpha value is -5.21. The van der Waals surface area contributed by atoms with Gasteiger partial charge in [0.05, 0.1) is 39.4 Å². The van der Waals surface area contributed by atoms with Crippen LogP contribution in [0, 0.1) is 22.9 Å². The van der Waals surface area contributed by atoms with Gasteiger partial charge >= 0.3 is 0 Å². The molecule has 1 aliphatic heterocycles. The largest absolute Gasteiger partial charge is 0.345 e. The van der Waals surface area contributed by atoms with Gasteiger partial charge in [-0.05, 0) is 48.2 Å². The number of hydrogen-bond donors (Lipinski definition) is 1. The van der Waals surface area contributed by atoms with Crippen LogP contribution < -0.4 is 5.32 Å². The van der Waals surface area contributed by atoms with Gasteiger partial charge in [-0.2, -0.15) is 5.10 Å². The van der Waals surface area contributed by atoms with E-state index in [-0.39, 0.29) is 41.3 Å². The number of aromatic nitrogens is 3. The van der Waals surface area contributed by atoms with E-state index in [1.54, 1.807) is 22.0 Å². The van der Waals surface area contributed by atoms with E-state index in [9.17, 15) is 24.1 Å². The van der Waals surface area contributed by atoms with Crippen molar-refractivity contribution in [2.24, 2.45) is 5.10 Å². The molecule has 3 aromatic carbocycles. The molecule has 0 spiro atoms. The molecular formula is C32H26FN7O4S2. The molecule has 1 N–H and O–H groups in total. The number of amides is 2. The fourth-order valence-corrected chi connectivity index (χ4v) is 6.51. The standard InChI is InChI=1S/C32H26FN7O4S2/c1-20-8-10-21(11-9-20)27-17-26(28-7-4-16-45-28)37-39(27)30(41)19-46-32-36-35-29(18-34-31(42)24-5-2-3-6-25(24)33)38(32)22-12-14-23(15-13-22)40(43)44/h2-16,27H,17-19H2,1H3,(H,34,42)/t27-/m0/s1. The number of hydrogen-bond acceptors (Lipinski definition) is 9. The van der Waals surface area contributed by atoms with Crippen LogP contribution in [0.25, 0.3) is 5.69 Å². The van der Waals surface area contributed by atoms with Crippen molar-refractivity contribution in [1.29, 1.82) is 0 Å². The lowest BCUT2D eigenvalue weighted by molar-refractivity contribution is -0.384. The first-order valence-electron chi connectivity index (χ1n) is 14.1. The number of rotatable bonds is 10. The Labute approximate surface area is 270 Å². The van der Waals surface area contributed by atoms with Gasteiger partial charge in [-0.25, -0.2) is 9.40 Å².